The Morgan fingerprint density at radius 1 is 1.50 bits per heavy atom. The van der Waals surface area contributed by atoms with Crippen molar-refractivity contribution in [3.05, 3.63) is 24.3 Å². The molecule has 0 saturated carbocycles. The van der Waals surface area contributed by atoms with Crippen LogP contribution in [0.4, 0.5) is 0 Å². The van der Waals surface area contributed by atoms with E-state index in [9.17, 15) is 4.79 Å². The SMILES string of the molecule is Cl.Cn1cnc2cncc(C(=O)O)c21. The van der Waals surface area contributed by atoms with Crippen molar-refractivity contribution in [2.45, 2.75) is 0 Å². The van der Waals surface area contributed by atoms with Gasteiger partial charge in [0.2, 0.25) is 0 Å². The number of hydrogen-bond donors (Lipinski definition) is 1. The molecule has 14 heavy (non-hydrogen) atoms. The van der Waals surface area contributed by atoms with E-state index in [1.54, 1.807) is 24.1 Å². The molecule has 0 spiro atoms. The molecule has 74 valence electrons. The number of halogens is 1. The largest absolute Gasteiger partial charge is 0.478 e. The van der Waals surface area contributed by atoms with Crippen LogP contribution < -0.4 is 0 Å². The second-order valence-corrected chi connectivity index (χ2v) is 2.72. The van der Waals surface area contributed by atoms with E-state index in [-0.39, 0.29) is 18.0 Å². The van der Waals surface area contributed by atoms with Crippen LogP contribution in [0.3, 0.4) is 0 Å². The van der Waals surface area contributed by atoms with Gasteiger partial charge in [-0.25, -0.2) is 9.78 Å². The van der Waals surface area contributed by atoms with Gasteiger partial charge in [0.1, 0.15) is 11.1 Å². The lowest BCUT2D eigenvalue weighted by molar-refractivity contribution is 0.0698. The quantitative estimate of drug-likeness (QED) is 0.770. The molecule has 0 radical (unpaired) electrons. The predicted molar refractivity (Wildman–Crippen MR) is 52.7 cm³/mol. The zero-order chi connectivity index (χ0) is 9.42. The number of nitrogens with zero attached hydrogens (tertiary/aromatic N) is 3. The number of carboxylic acids is 1. The summed E-state index contributed by atoms with van der Waals surface area (Å²) in [5, 5.41) is 8.84. The summed E-state index contributed by atoms with van der Waals surface area (Å²) in [5.41, 5.74) is 1.38. The Labute approximate surface area is 85.8 Å². The lowest BCUT2D eigenvalue weighted by atomic mass is 10.2. The van der Waals surface area contributed by atoms with Crippen molar-refractivity contribution in [1.29, 1.82) is 0 Å². The number of hydrogen-bond acceptors (Lipinski definition) is 3. The molecule has 0 aromatic carbocycles. The summed E-state index contributed by atoms with van der Waals surface area (Å²) in [6.07, 6.45) is 4.44. The smallest absolute Gasteiger partial charge is 0.339 e. The van der Waals surface area contributed by atoms with Crippen molar-refractivity contribution < 1.29 is 9.90 Å². The molecule has 0 aliphatic carbocycles. The summed E-state index contributed by atoms with van der Waals surface area (Å²) in [6, 6.07) is 0. The summed E-state index contributed by atoms with van der Waals surface area (Å²) < 4.78 is 1.67. The molecule has 2 aromatic rings. The molecule has 0 unspecified atom stereocenters. The van der Waals surface area contributed by atoms with Gasteiger partial charge in [-0.15, -0.1) is 12.4 Å². The van der Waals surface area contributed by atoms with Crippen LogP contribution in [0.5, 0.6) is 0 Å². The monoisotopic (exact) mass is 213 g/mol. The van der Waals surface area contributed by atoms with Crippen molar-refractivity contribution in [1.82, 2.24) is 14.5 Å². The predicted octanol–water partition coefficient (Wildman–Crippen LogP) is 1.09. The van der Waals surface area contributed by atoms with Crippen LogP contribution in [0.25, 0.3) is 11.0 Å². The highest BCUT2D eigenvalue weighted by Crippen LogP contribution is 2.14. The molecule has 0 aliphatic rings. The van der Waals surface area contributed by atoms with Crippen molar-refractivity contribution in [2.24, 2.45) is 7.05 Å². The standard InChI is InChI=1S/C8H7N3O2.ClH/c1-11-4-10-6-3-9-2-5(7(6)11)8(12)13;/h2-4H,1H3,(H,12,13);1H. The van der Waals surface area contributed by atoms with E-state index in [2.05, 4.69) is 9.97 Å². The second kappa shape index (κ2) is 3.63. The molecular formula is C8H8ClN3O2. The summed E-state index contributed by atoms with van der Waals surface area (Å²) in [7, 11) is 1.75. The van der Waals surface area contributed by atoms with Crippen molar-refractivity contribution in [3.63, 3.8) is 0 Å². The fraction of sp³-hybridized carbons (Fsp3) is 0.125. The number of aryl methyl sites for hydroxylation is 1. The summed E-state index contributed by atoms with van der Waals surface area (Å²) in [6.45, 7) is 0. The van der Waals surface area contributed by atoms with Crippen LogP contribution in [0.15, 0.2) is 18.7 Å². The molecule has 1 N–H and O–H groups in total. The van der Waals surface area contributed by atoms with E-state index < -0.39 is 5.97 Å². The summed E-state index contributed by atoms with van der Waals surface area (Å²) >= 11 is 0. The third kappa shape index (κ3) is 1.42. The topological polar surface area (TPSA) is 68.0 Å². The van der Waals surface area contributed by atoms with Crippen LogP contribution in [-0.4, -0.2) is 25.6 Å². The first-order valence-corrected chi connectivity index (χ1v) is 3.68. The van der Waals surface area contributed by atoms with Gasteiger partial charge in [0.25, 0.3) is 0 Å². The Balaban J connectivity index is 0.000000980. The Hall–Kier alpha value is -1.62. The van der Waals surface area contributed by atoms with Crippen molar-refractivity contribution in [2.75, 3.05) is 0 Å². The maximum atomic E-state index is 10.8. The van der Waals surface area contributed by atoms with Gasteiger partial charge in [-0.05, 0) is 0 Å². The average molecular weight is 214 g/mol. The van der Waals surface area contributed by atoms with Crippen LogP contribution in [0.1, 0.15) is 10.4 Å². The maximum absolute atomic E-state index is 10.8. The third-order valence-corrected chi connectivity index (χ3v) is 1.85. The number of rotatable bonds is 1. The number of aromatic nitrogens is 3. The number of imidazole rings is 1. The molecule has 0 amide bonds. The lowest BCUT2D eigenvalue weighted by Crippen LogP contribution is -2.00. The number of pyridine rings is 1. The highest BCUT2D eigenvalue weighted by atomic mass is 35.5. The molecule has 0 bridgehead atoms. The van der Waals surface area contributed by atoms with Gasteiger partial charge in [0, 0.05) is 13.2 Å². The number of carbonyl (C=O) groups is 1. The van der Waals surface area contributed by atoms with E-state index in [0.29, 0.717) is 11.0 Å². The first kappa shape index (κ1) is 10.5. The molecule has 0 atom stereocenters. The maximum Gasteiger partial charge on any atom is 0.339 e. The normalized spacial score (nSPS) is 9.79. The lowest BCUT2D eigenvalue weighted by Gasteiger charge is -1.98. The molecule has 0 fully saturated rings. The zero-order valence-electron chi connectivity index (χ0n) is 7.34. The molecule has 0 saturated heterocycles. The first-order valence-electron chi connectivity index (χ1n) is 3.68. The Morgan fingerprint density at radius 3 is 2.86 bits per heavy atom. The third-order valence-electron chi connectivity index (χ3n) is 1.85. The van der Waals surface area contributed by atoms with Crippen LogP contribution >= 0.6 is 12.4 Å². The zero-order valence-corrected chi connectivity index (χ0v) is 8.15. The molecule has 0 aliphatic heterocycles. The molecule has 2 rings (SSSR count). The van der Waals surface area contributed by atoms with E-state index in [0.717, 1.165) is 0 Å². The number of carboxylic acid groups (broad SMARTS) is 1. The van der Waals surface area contributed by atoms with Gasteiger partial charge in [0.05, 0.1) is 18.0 Å². The van der Waals surface area contributed by atoms with Crippen LogP contribution in [0.2, 0.25) is 0 Å². The Bertz CT molecular complexity index is 480. The minimum atomic E-state index is -0.985. The fourth-order valence-corrected chi connectivity index (χ4v) is 1.27. The number of aromatic carboxylic acids is 1. The van der Waals surface area contributed by atoms with Crippen molar-refractivity contribution >= 4 is 29.4 Å². The van der Waals surface area contributed by atoms with E-state index in [1.165, 1.54) is 6.20 Å². The highest BCUT2D eigenvalue weighted by molar-refractivity contribution is 6.00. The molecule has 5 nitrogen and oxygen atoms in total. The van der Waals surface area contributed by atoms with Gasteiger partial charge >= 0.3 is 5.97 Å². The minimum absolute atomic E-state index is 0. The van der Waals surface area contributed by atoms with Crippen LogP contribution in [0, 0.1) is 0 Å². The summed E-state index contributed by atoms with van der Waals surface area (Å²) in [5.74, 6) is -0.985. The van der Waals surface area contributed by atoms with Crippen molar-refractivity contribution in [3.8, 4) is 0 Å². The average Bonchev–Trinajstić information content (AvgIpc) is 2.48. The number of fused-ring (bicyclic) bond motifs is 1. The molecule has 6 heteroatoms. The van der Waals surface area contributed by atoms with Gasteiger partial charge in [-0.1, -0.05) is 0 Å². The minimum Gasteiger partial charge on any atom is -0.478 e. The molecule has 2 aromatic heterocycles. The van der Waals surface area contributed by atoms with E-state index >= 15 is 0 Å². The van der Waals surface area contributed by atoms with Crippen LogP contribution in [-0.2, 0) is 7.05 Å². The summed E-state index contributed by atoms with van der Waals surface area (Å²) in [4.78, 5) is 18.6. The Kier molecular flexibility index (Phi) is 2.71. The first-order chi connectivity index (χ1) is 6.20. The highest BCUT2D eigenvalue weighted by Gasteiger charge is 2.11. The van der Waals surface area contributed by atoms with E-state index in [1.807, 2.05) is 0 Å². The fourth-order valence-electron chi connectivity index (χ4n) is 1.27. The molecular weight excluding hydrogens is 206 g/mol. The van der Waals surface area contributed by atoms with E-state index in [4.69, 9.17) is 5.11 Å². The molecule has 2 heterocycles. The van der Waals surface area contributed by atoms with Gasteiger partial charge in [-0.3, -0.25) is 4.98 Å². The Morgan fingerprint density at radius 2 is 2.21 bits per heavy atom. The second-order valence-electron chi connectivity index (χ2n) is 2.72. The van der Waals surface area contributed by atoms with Gasteiger partial charge in [0.15, 0.2) is 0 Å². The van der Waals surface area contributed by atoms with Gasteiger partial charge in [-0.2, -0.15) is 0 Å². The van der Waals surface area contributed by atoms with Gasteiger partial charge < -0.3 is 9.67 Å².